The highest BCUT2D eigenvalue weighted by atomic mass is 79.9. The number of hydrogen-bond donors (Lipinski definition) is 0. The van der Waals surface area contributed by atoms with Crippen molar-refractivity contribution in [1.29, 1.82) is 0 Å². The van der Waals surface area contributed by atoms with Gasteiger partial charge >= 0.3 is 0 Å². The molecule has 1 nitrogen and oxygen atoms in total. The summed E-state index contributed by atoms with van der Waals surface area (Å²) in [7, 11) is 0. The van der Waals surface area contributed by atoms with Crippen molar-refractivity contribution in [2.45, 2.75) is 17.7 Å². The van der Waals surface area contributed by atoms with Gasteiger partial charge in [0.2, 0.25) is 0 Å². The van der Waals surface area contributed by atoms with Gasteiger partial charge in [0, 0.05) is 22.6 Å². The Bertz CT molecular complexity index is 531. The van der Waals surface area contributed by atoms with Crippen LogP contribution in [0.1, 0.15) is 28.9 Å². The van der Waals surface area contributed by atoms with Crippen LogP contribution in [-0.2, 0) is 0 Å². The fourth-order valence-corrected chi connectivity index (χ4v) is 2.63. The first kappa shape index (κ1) is 13.9. The lowest BCUT2D eigenvalue weighted by molar-refractivity contribution is 0.724. The summed E-state index contributed by atoms with van der Waals surface area (Å²) < 4.78 is 0. The maximum Gasteiger partial charge on any atom is 0.0595 e. The van der Waals surface area contributed by atoms with E-state index in [9.17, 15) is 0 Å². The maximum absolute atomic E-state index is 6.04. The normalized spacial score (nSPS) is 14.2. The molecule has 1 aromatic carbocycles. The van der Waals surface area contributed by atoms with E-state index in [4.69, 9.17) is 23.2 Å². The van der Waals surface area contributed by atoms with Crippen molar-refractivity contribution in [2.24, 2.45) is 0 Å². The second kappa shape index (κ2) is 6.05. The van der Waals surface area contributed by atoms with Crippen molar-refractivity contribution >= 4 is 39.1 Å². The second-order valence-corrected chi connectivity index (χ2v) is 5.92. The Labute approximate surface area is 125 Å². The Kier molecular flexibility index (Phi) is 4.66. The first-order valence-electron chi connectivity index (χ1n) is 5.59. The monoisotopic (exact) mass is 343 g/mol. The smallest absolute Gasteiger partial charge is 0.0595 e. The fourth-order valence-electron chi connectivity index (χ4n) is 1.77. The van der Waals surface area contributed by atoms with E-state index in [0.717, 1.165) is 11.3 Å². The van der Waals surface area contributed by atoms with Crippen molar-refractivity contribution in [3.8, 4) is 0 Å². The molecule has 2 rings (SSSR count). The second-order valence-electron chi connectivity index (χ2n) is 4.12. The topological polar surface area (TPSA) is 12.9 Å². The molecule has 0 saturated carbocycles. The van der Waals surface area contributed by atoms with Crippen LogP contribution in [0.15, 0.2) is 42.6 Å². The molecule has 0 aliphatic carbocycles. The zero-order valence-electron chi connectivity index (χ0n) is 9.78. The predicted octanol–water partition coefficient (Wildman–Crippen LogP) is 5.63. The third-order valence-electron chi connectivity index (χ3n) is 2.86. The zero-order chi connectivity index (χ0) is 13.1. The lowest BCUT2D eigenvalue weighted by atomic mass is 9.97. The van der Waals surface area contributed by atoms with Crippen molar-refractivity contribution < 1.29 is 0 Å². The molecule has 2 atom stereocenters. The average molecular weight is 345 g/mol. The van der Waals surface area contributed by atoms with Gasteiger partial charge in [-0.3, -0.25) is 4.98 Å². The minimum Gasteiger partial charge on any atom is -0.261 e. The SMILES string of the molecule is CC(c1ccccn1)C(Br)c1ccc(Cl)c(Cl)c1. The van der Waals surface area contributed by atoms with Gasteiger partial charge in [-0.2, -0.15) is 0 Å². The number of hydrogen-bond acceptors (Lipinski definition) is 1. The van der Waals surface area contributed by atoms with Crippen molar-refractivity contribution in [3.05, 3.63) is 63.9 Å². The Morgan fingerprint density at radius 2 is 1.89 bits per heavy atom. The molecule has 1 heterocycles. The molecule has 0 radical (unpaired) electrons. The predicted molar refractivity (Wildman–Crippen MR) is 80.8 cm³/mol. The summed E-state index contributed by atoms with van der Waals surface area (Å²) in [5.74, 6) is 0.253. The number of aromatic nitrogens is 1. The maximum atomic E-state index is 6.04. The van der Waals surface area contributed by atoms with Crippen LogP contribution >= 0.6 is 39.1 Å². The van der Waals surface area contributed by atoms with Crippen LogP contribution in [0.2, 0.25) is 10.0 Å². The molecule has 94 valence electrons. The van der Waals surface area contributed by atoms with Crippen molar-refractivity contribution in [2.75, 3.05) is 0 Å². The molecular weight excluding hydrogens is 333 g/mol. The highest BCUT2D eigenvalue weighted by Crippen LogP contribution is 2.38. The lowest BCUT2D eigenvalue weighted by Gasteiger charge is -2.18. The molecule has 0 aliphatic heterocycles. The van der Waals surface area contributed by atoms with Crippen LogP contribution in [0.25, 0.3) is 0 Å². The third-order valence-corrected chi connectivity index (χ3v) is 4.92. The first-order chi connectivity index (χ1) is 8.59. The molecule has 0 N–H and O–H groups in total. The van der Waals surface area contributed by atoms with E-state index in [1.165, 1.54) is 0 Å². The molecule has 18 heavy (non-hydrogen) atoms. The number of alkyl halides is 1. The van der Waals surface area contributed by atoms with E-state index in [0.29, 0.717) is 10.0 Å². The third kappa shape index (κ3) is 3.05. The van der Waals surface area contributed by atoms with E-state index < -0.39 is 0 Å². The Morgan fingerprint density at radius 3 is 2.50 bits per heavy atom. The first-order valence-corrected chi connectivity index (χ1v) is 7.26. The van der Waals surface area contributed by atoms with Crippen LogP contribution in [0.3, 0.4) is 0 Å². The Morgan fingerprint density at radius 1 is 1.11 bits per heavy atom. The molecule has 2 aromatic rings. The van der Waals surface area contributed by atoms with Gasteiger partial charge in [-0.05, 0) is 29.8 Å². The van der Waals surface area contributed by atoms with Gasteiger partial charge in [0.05, 0.1) is 10.0 Å². The van der Waals surface area contributed by atoms with Gasteiger partial charge in [-0.25, -0.2) is 0 Å². The lowest BCUT2D eigenvalue weighted by Crippen LogP contribution is -2.04. The number of nitrogens with zero attached hydrogens (tertiary/aromatic N) is 1. The van der Waals surface area contributed by atoms with Crippen molar-refractivity contribution in [3.63, 3.8) is 0 Å². The Hall–Kier alpha value is -0.570. The van der Waals surface area contributed by atoms with E-state index in [-0.39, 0.29) is 10.7 Å². The molecule has 4 heteroatoms. The minimum atomic E-state index is 0.155. The fraction of sp³-hybridized carbons (Fsp3) is 0.214. The summed E-state index contributed by atoms with van der Waals surface area (Å²) in [6.45, 7) is 2.13. The van der Waals surface area contributed by atoms with E-state index >= 15 is 0 Å². The molecule has 1 aromatic heterocycles. The number of halogens is 3. The number of rotatable bonds is 3. The van der Waals surface area contributed by atoms with Gasteiger partial charge in [0.25, 0.3) is 0 Å². The largest absolute Gasteiger partial charge is 0.261 e. The van der Waals surface area contributed by atoms with Gasteiger partial charge in [-0.15, -0.1) is 0 Å². The molecule has 0 aliphatic rings. The van der Waals surface area contributed by atoms with Crippen LogP contribution in [0.4, 0.5) is 0 Å². The number of pyridine rings is 1. The summed E-state index contributed by atoms with van der Waals surface area (Å²) in [5, 5.41) is 1.15. The van der Waals surface area contributed by atoms with Gasteiger partial charge in [0.15, 0.2) is 0 Å². The molecule has 0 saturated heterocycles. The molecule has 0 bridgehead atoms. The average Bonchev–Trinajstić information content (AvgIpc) is 2.41. The highest BCUT2D eigenvalue weighted by molar-refractivity contribution is 9.09. The summed E-state index contributed by atoms with van der Waals surface area (Å²) >= 11 is 15.7. The molecular formula is C14H12BrCl2N. The standard InChI is InChI=1S/C14H12BrCl2N/c1-9(13-4-2-3-7-18-13)14(15)10-5-6-11(16)12(17)8-10/h2-9,14H,1H3. The zero-order valence-corrected chi connectivity index (χ0v) is 12.9. The molecule has 0 fully saturated rings. The van der Waals surface area contributed by atoms with Gasteiger partial charge in [-0.1, -0.05) is 58.2 Å². The summed E-state index contributed by atoms with van der Waals surface area (Å²) in [5.41, 5.74) is 2.15. The van der Waals surface area contributed by atoms with Crippen LogP contribution < -0.4 is 0 Å². The molecule has 0 amide bonds. The number of benzene rings is 1. The van der Waals surface area contributed by atoms with E-state index in [1.54, 1.807) is 6.20 Å². The quantitative estimate of drug-likeness (QED) is 0.657. The van der Waals surface area contributed by atoms with E-state index in [1.807, 2.05) is 36.4 Å². The van der Waals surface area contributed by atoms with Gasteiger partial charge in [0.1, 0.15) is 0 Å². The molecule has 2 unspecified atom stereocenters. The van der Waals surface area contributed by atoms with Gasteiger partial charge < -0.3 is 0 Å². The summed E-state index contributed by atoms with van der Waals surface area (Å²) in [4.78, 5) is 4.53. The highest BCUT2D eigenvalue weighted by Gasteiger charge is 2.19. The van der Waals surface area contributed by atoms with Crippen LogP contribution in [0.5, 0.6) is 0 Å². The van der Waals surface area contributed by atoms with E-state index in [2.05, 4.69) is 27.8 Å². The Balaban J connectivity index is 2.25. The summed E-state index contributed by atoms with van der Waals surface area (Å²) in [6, 6.07) is 11.6. The molecule has 0 spiro atoms. The summed E-state index contributed by atoms with van der Waals surface area (Å²) in [6.07, 6.45) is 1.81. The van der Waals surface area contributed by atoms with Crippen LogP contribution in [-0.4, -0.2) is 4.98 Å². The minimum absolute atomic E-state index is 0.155. The van der Waals surface area contributed by atoms with Crippen molar-refractivity contribution in [1.82, 2.24) is 4.98 Å². The van der Waals surface area contributed by atoms with Crippen LogP contribution in [0, 0.1) is 0 Å².